The molecule has 2 amide bonds. The zero-order chi connectivity index (χ0) is 23.0. The van der Waals surface area contributed by atoms with E-state index < -0.39 is 32.7 Å². The summed E-state index contributed by atoms with van der Waals surface area (Å²) in [6, 6.07) is 12.5. The zero-order valence-corrected chi connectivity index (χ0v) is 10.6. The van der Waals surface area contributed by atoms with Crippen molar-refractivity contribution in [1.29, 1.82) is 0 Å². The Morgan fingerprint density at radius 1 is 0.900 bits per heavy atom. The van der Waals surface area contributed by atoms with Gasteiger partial charge in [0.25, 0.3) is 0 Å². The number of carbonyl (C=O) groups excluding carboxylic acids is 1. The Labute approximate surface area is 134 Å². The van der Waals surface area contributed by atoms with Crippen LogP contribution in [0, 0.1) is 0 Å². The maximum Gasteiger partial charge on any atom is 0.328 e. The molecule has 20 heavy (non-hydrogen) atoms. The second kappa shape index (κ2) is 6.75. The van der Waals surface area contributed by atoms with E-state index in [1.165, 1.54) is 48.5 Å². The van der Waals surface area contributed by atoms with Crippen molar-refractivity contribution in [2.45, 2.75) is 13.7 Å². The summed E-state index contributed by atoms with van der Waals surface area (Å²) < 4.78 is 78.0. The highest BCUT2D eigenvalue weighted by Crippen LogP contribution is 2.19. The number of amides is 2. The number of hydrogen-bond acceptors (Lipinski definition) is 1. The van der Waals surface area contributed by atoms with Crippen molar-refractivity contribution in [3.63, 3.8) is 0 Å². The van der Waals surface area contributed by atoms with Crippen LogP contribution in [0.3, 0.4) is 0 Å². The number of urea groups is 1. The molecule has 104 valence electrons. The summed E-state index contributed by atoms with van der Waals surface area (Å²) in [5, 5.41) is 0. The Balaban J connectivity index is 2.76. The van der Waals surface area contributed by atoms with Crippen LogP contribution in [0.15, 0.2) is 60.7 Å². The van der Waals surface area contributed by atoms with Crippen molar-refractivity contribution in [2.24, 2.45) is 0 Å². The van der Waals surface area contributed by atoms with E-state index in [9.17, 15) is 4.79 Å². The summed E-state index contributed by atoms with van der Waals surface area (Å²) in [6.45, 7) is -13.2. The van der Waals surface area contributed by atoms with Gasteiger partial charge >= 0.3 is 6.03 Å². The van der Waals surface area contributed by atoms with Crippen LogP contribution in [0.1, 0.15) is 27.4 Å². The molecule has 0 bridgehead atoms. The van der Waals surface area contributed by atoms with Gasteiger partial charge in [0.2, 0.25) is 0 Å². The lowest BCUT2D eigenvalue weighted by Crippen LogP contribution is -2.43. The van der Waals surface area contributed by atoms with E-state index in [1.807, 2.05) is 0 Å². The second-order valence-electron chi connectivity index (χ2n) is 3.85. The number of benzene rings is 2. The molecule has 0 aliphatic rings. The molecule has 2 aromatic rings. The van der Waals surface area contributed by atoms with Crippen molar-refractivity contribution in [2.75, 3.05) is 22.8 Å². The molecule has 0 radical (unpaired) electrons. The first kappa shape index (κ1) is 6.00. The summed E-state index contributed by atoms with van der Waals surface area (Å²) in [4.78, 5) is 14.0. The normalized spacial score (nSPS) is 20.2. The molecule has 0 aliphatic carbocycles. The standard InChI is InChI=1S/C17H20N2O/c1-3-18(15-11-7-5-8-12-15)17(20)19(4-2)16-13-9-6-10-14-16/h5-14H,3-4H2,1-2H3/i1D3,2D3,3D2,4D2. The van der Waals surface area contributed by atoms with E-state index in [0.717, 1.165) is 0 Å². The van der Waals surface area contributed by atoms with Gasteiger partial charge in [0.15, 0.2) is 0 Å². The Kier molecular flexibility index (Phi) is 2.03. The lowest BCUT2D eigenvalue weighted by molar-refractivity contribution is 0.252. The van der Waals surface area contributed by atoms with Crippen molar-refractivity contribution >= 4 is 17.4 Å². The minimum atomic E-state index is -3.31. The second-order valence-corrected chi connectivity index (χ2v) is 3.85. The topological polar surface area (TPSA) is 23.6 Å². The predicted molar refractivity (Wildman–Crippen MR) is 84.3 cm³/mol. The van der Waals surface area contributed by atoms with Crippen molar-refractivity contribution < 1.29 is 18.5 Å². The highest BCUT2D eigenvalue weighted by molar-refractivity contribution is 6.03. The monoisotopic (exact) mass is 278 g/mol. The van der Waals surface area contributed by atoms with Crippen LogP contribution in [-0.4, -0.2) is 19.0 Å². The summed E-state index contributed by atoms with van der Waals surface area (Å²) in [7, 11) is 0. The van der Waals surface area contributed by atoms with E-state index in [2.05, 4.69) is 0 Å². The quantitative estimate of drug-likeness (QED) is 0.823. The molecule has 0 unspecified atom stereocenters. The molecule has 0 fully saturated rings. The van der Waals surface area contributed by atoms with Crippen LogP contribution in [-0.2, 0) is 0 Å². The molecule has 2 aromatic carbocycles. The third-order valence-electron chi connectivity index (χ3n) is 2.63. The molecule has 0 saturated carbocycles. The average Bonchev–Trinajstić information content (AvgIpc) is 2.61. The van der Waals surface area contributed by atoms with E-state index in [-0.39, 0.29) is 21.2 Å². The van der Waals surface area contributed by atoms with Gasteiger partial charge in [-0.2, -0.15) is 0 Å². The molecule has 3 nitrogen and oxygen atoms in total. The highest BCUT2D eigenvalue weighted by Gasteiger charge is 2.20. The van der Waals surface area contributed by atoms with Crippen LogP contribution in [0.4, 0.5) is 16.2 Å². The molecule has 3 heteroatoms. The average molecular weight is 278 g/mol. The van der Waals surface area contributed by atoms with Crippen molar-refractivity contribution in [3.05, 3.63) is 60.7 Å². The Hall–Kier alpha value is -2.29. The van der Waals surface area contributed by atoms with Crippen molar-refractivity contribution in [1.82, 2.24) is 0 Å². The van der Waals surface area contributed by atoms with E-state index in [1.54, 1.807) is 12.1 Å². The van der Waals surface area contributed by atoms with Gasteiger partial charge in [0.1, 0.15) is 0 Å². The molecule has 0 heterocycles. The van der Waals surface area contributed by atoms with Gasteiger partial charge in [-0.05, 0) is 38.0 Å². The molecule has 0 atom stereocenters. The van der Waals surface area contributed by atoms with Gasteiger partial charge < -0.3 is 0 Å². The first-order valence-corrected chi connectivity index (χ1v) is 5.87. The smallest absolute Gasteiger partial charge is 0.294 e. The van der Waals surface area contributed by atoms with Crippen LogP contribution in [0.25, 0.3) is 0 Å². The molecular formula is C17H20N2O. The van der Waals surface area contributed by atoms with Crippen LogP contribution in [0.5, 0.6) is 0 Å². The molecule has 0 aromatic heterocycles. The maximum absolute atomic E-state index is 13.5. The van der Waals surface area contributed by atoms with E-state index in [4.69, 9.17) is 13.7 Å². The van der Waals surface area contributed by atoms with Gasteiger partial charge in [-0.1, -0.05) is 36.4 Å². The number of hydrogen-bond donors (Lipinski definition) is 0. The molecule has 0 aliphatic heterocycles. The largest absolute Gasteiger partial charge is 0.328 e. The number of rotatable bonds is 4. The molecule has 0 spiro atoms. The number of carbonyl (C=O) groups is 1. The predicted octanol–water partition coefficient (Wildman–Crippen LogP) is 4.16. The first-order chi connectivity index (χ1) is 13.6. The summed E-state index contributed by atoms with van der Waals surface area (Å²) in [5.41, 5.74) is -0.350. The number of anilines is 2. The summed E-state index contributed by atoms with van der Waals surface area (Å²) in [6.07, 6.45) is 0. The first-order valence-electron chi connectivity index (χ1n) is 10.9. The Morgan fingerprint density at radius 3 is 1.65 bits per heavy atom. The van der Waals surface area contributed by atoms with Gasteiger partial charge in [0.05, 0.1) is 0 Å². The minimum absolute atomic E-state index is 0.175. The Morgan fingerprint density at radius 2 is 1.30 bits per heavy atom. The molecule has 0 saturated heterocycles. The van der Waals surface area contributed by atoms with Crippen molar-refractivity contribution in [3.8, 4) is 0 Å². The van der Waals surface area contributed by atoms with Gasteiger partial charge in [0, 0.05) is 38.1 Å². The minimum Gasteiger partial charge on any atom is -0.294 e. The zero-order valence-electron chi connectivity index (χ0n) is 20.6. The van der Waals surface area contributed by atoms with Gasteiger partial charge in [-0.25, -0.2) is 4.79 Å². The van der Waals surface area contributed by atoms with E-state index >= 15 is 0 Å². The lowest BCUT2D eigenvalue weighted by atomic mass is 10.2. The highest BCUT2D eigenvalue weighted by atomic mass is 16.2. The Bertz CT molecular complexity index is 794. The van der Waals surface area contributed by atoms with Gasteiger partial charge in [-0.15, -0.1) is 0 Å². The summed E-state index contributed by atoms with van der Waals surface area (Å²) in [5.74, 6) is 0. The summed E-state index contributed by atoms with van der Waals surface area (Å²) >= 11 is 0. The van der Waals surface area contributed by atoms with Crippen LogP contribution >= 0.6 is 0 Å². The SMILES string of the molecule is [2H]C([2H])([2H])C([2H])([2H])N(C(=O)N(c1ccccc1)C([2H])([2H])C([2H])([2H])[2H])c1ccccc1. The molecule has 2 rings (SSSR count). The van der Waals surface area contributed by atoms with Crippen LogP contribution in [0.2, 0.25) is 0 Å². The maximum atomic E-state index is 13.5. The molecule has 0 N–H and O–H groups in total. The van der Waals surface area contributed by atoms with E-state index in [0.29, 0.717) is 0 Å². The fourth-order valence-corrected chi connectivity index (χ4v) is 1.70. The number of para-hydroxylation sites is 2. The van der Waals surface area contributed by atoms with Gasteiger partial charge in [-0.3, -0.25) is 9.80 Å². The van der Waals surface area contributed by atoms with Crippen LogP contribution < -0.4 is 9.80 Å². The third kappa shape index (κ3) is 2.99. The lowest BCUT2D eigenvalue weighted by Gasteiger charge is -2.29. The third-order valence-corrected chi connectivity index (χ3v) is 2.63. The molecular weight excluding hydrogens is 248 g/mol. The fourth-order valence-electron chi connectivity index (χ4n) is 1.70. The fraction of sp³-hybridized carbons (Fsp3) is 0.235. The number of nitrogens with zero attached hydrogens (tertiary/aromatic N) is 2.